The standard InChI is InChI=1S/C27H29N5O4/c1-5-35-23-14-22(24(36-6-2)13-21(23)30-26(33)18-10-8-7-9-11-18)31-27(34)20-12-19-16-29-32(17(3)4)25(19)28-15-20/h7-17H,5-6H2,1-4H3,(H,30,33)(H,31,34). The number of rotatable bonds is 9. The van der Waals surface area contributed by atoms with Gasteiger partial charge in [-0.3, -0.25) is 9.59 Å². The van der Waals surface area contributed by atoms with Crippen LogP contribution >= 0.6 is 0 Å². The molecule has 0 unspecified atom stereocenters. The summed E-state index contributed by atoms with van der Waals surface area (Å²) < 4.78 is 13.4. The maximum atomic E-state index is 13.1. The SMILES string of the molecule is CCOc1cc(NC(=O)c2cnc3c(cnn3C(C)C)c2)c(OCC)cc1NC(=O)c1ccccc1. The summed E-state index contributed by atoms with van der Waals surface area (Å²) in [7, 11) is 0. The van der Waals surface area contributed by atoms with Crippen molar-refractivity contribution in [2.45, 2.75) is 33.7 Å². The van der Waals surface area contributed by atoms with E-state index in [1.54, 1.807) is 53.3 Å². The summed E-state index contributed by atoms with van der Waals surface area (Å²) >= 11 is 0. The van der Waals surface area contributed by atoms with Crippen molar-refractivity contribution in [3.05, 3.63) is 72.1 Å². The van der Waals surface area contributed by atoms with E-state index in [9.17, 15) is 9.59 Å². The molecule has 0 saturated heterocycles. The average Bonchev–Trinajstić information content (AvgIpc) is 3.31. The minimum atomic E-state index is -0.355. The summed E-state index contributed by atoms with van der Waals surface area (Å²) in [5, 5.41) is 10.9. The van der Waals surface area contributed by atoms with Crippen LogP contribution in [-0.4, -0.2) is 39.8 Å². The fourth-order valence-electron chi connectivity index (χ4n) is 3.73. The lowest BCUT2D eigenvalue weighted by Crippen LogP contribution is -2.16. The predicted molar refractivity (Wildman–Crippen MR) is 139 cm³/mol. The van der Waals surface area contributed by atoms with Gasteiger partial charge in [0.15, 0.2) is 5.65 Å². The van der Waals surface area contributed by atoms with E-state index >= 15 is 0 Å². The molecule has 0 fully saturated rings. The van der Waals surface area contributed by atoms with Gasteiger partial charge in [-0.1, -0.05) is 18.2 Å². The van der Waals surface area contributed by atoms with E-state index in [0.717, 1.165) is 5.39 Å². The van der Waals surface area contributed by atoms with Gasteiger partial charge in [-0.15, -0.1) is 0 Å². The maximum Gasteiger partial charge on any atom is 0.257 e. The molecule has 0 radical (unpaired) electrons. The summed E-state index contributed by atoms with van der Waals surface area (Å²) in [6, 6.07) is 14.1. The first-order chi connectivity index (χ1) is 17.4. The van der Waals surface area contributed by atoms with Gasteiger partial charge in [-0.2, -0.15) is 5.10 Å². The Kier molecular flexibility index (Phi) is 7.48. The van der Waals surface area contributed by atoms with Crippen LogP contribution in [0.3, 0.4) is 0 Å². The van der Waals surface area contributed by atoms with Gasteiger partial charge in [-0.05, 0) is 45.9 Å². The van der Waals surface area contributed by atoms with Crippen LogP contribution in [0, 0.1) is 0 Å². The highest BCUT2D eigenvalue weighted by atomic mass is 16.5. The number of fused-ring (bicyclic) bond motifs is 1. The highest BCUT2D eigenvalue weighted by Gasteiger charge is 2.18. The van der Waals surface area contributed by atoms with Crippen LogP contribution in [-0.2, 0) is 0 Å². The number of hydrogen-bond acceptors (Lipinski definition) is 6. The lowest BCUT2D eigenvalue weighted by atomic mass is 10.1. The van der Waals surface area contributed by atoms with Crippen molar-refractivity contribution in [2.75, 3.05) is 23.8 Å². The van der Waals surface area contributed by atoms with Crippen LogP contribution in [0.15, 0.2) is 60.9 Å². The normalized spacial score (nSPS) is 10.9. The van der Waals surface area contributed by atoms with E-state index < -0.39 is 0 Å². The number of aromatic nitrogens is 3. The van der Waals surface area contributed by atoms with Crippen molar-refractivity contribution in [2.24, 2.45) is 0 Å². The molecule has 0 saturated carbocycles. The molecule has 9 nitrogen and oxygen atoms in total. The number of pyridine rings is 1. The Morgan fingerprint density at radius 1 is 0.861 bits per heavy atom. The minimum Gasteiger partial charge on any atom is -0.492 e. The molecule has 2 amide bonds. The van der Waals surface area contributed by atoms with Crippen molar-refractivity contribution in [3.8, 4) is 11.5 Å². The first-order valence-electron chi connectivity index (χ1n) is 11.9. The van der Waals surface area contributed by atoms with E-state index in [-0.39, 0.29) is 17.9 Å². The van der Waals surface area contributed by atoms with Gasteiger partial charge < -0.3 is 20.1 Å². The Morgan fingerprint density at radius 2 is 1.44 bits per heavy atom. The van der Waals surface area contributed by atoms with Gasteiger partial charge in [0.25, 0.3) is 11.8 Å². The van der Waals surface area contributed by atoms with Crippen molar-refractivity contribution in [1.82, 2.24) is 14.8 Å². The minimum absolute atomic E-state index is 0.154. The summed E-state index contributed by atoms with van der Waals surface area (Å²) in [6.45, 7) is 8.46. The Morgan fingerprint density at radius 3 is 2.00 bits per heavy atom. The molecule has 36 heavy (non-hydrogen) atoms. The van der Waals surface area contributed by atoms with E-state index in [1.807, 2.05) is 33.8 Å². The zero-order valence-electron chi connectivity index (χ0n) is 20.7. The highest BCUT2D eigenvalue weighted by molar-refractivity contribution is 6.08. The third-order valence-electron chi connectivity index (χ3n) is 5.40. The quantitative estimate of drug-likeness (QED) is 0.331. The van der Waals surface area contributed by atoms with E-state index in [2.05, 4.69) is 20.7 Å². The fourth-order valence-corrected chi connectivity index (χ4v) is 3.73. The van der Waals surface area contributed by atoms with Crippen LogP contribution in [0.1, 0.15) is 54.5 Å². The number of anilines is 2. The summed E-state index contributed by atoms with van der Waals surface area (Å²) in [4.78, 5) is 30.3. The van der Waals surface area contributed by atoms with Crippen LogP contribution in [0.25, 0.3) is 11.0 Å². The second-order valence-electron chi connectivity index (χ2n) is 8.30. The van der Waals surface area contributed by atoms with Crippen molar-refractivity contribution < 1.29 is 19.1 Å². The number of nitrogens with zero attached hydrogens (tertiary/aromatic N) is 3. The third-order valence-corrected chi connectivity index (χ3v) is 5.40. The predicted octanol–water partition coefficient (Wildman–Crippen LogP) is 5.31. The van der Waals surface area contributed by atoms with Crippen molar-refractivity contribution in [3.63, 3.8) is 0 Å². The Bertz CT molecular complexity index is 1380. The number of ether oxygens (including phenoxy) is 2. The van der Waals surface area contributed by atoms with Gasteiger partial charge in [0.2, 0.25) is 0 Å². The fraction of sp³-hybridized carbons (Fsp3) is 0.259. The number of hydrogen-bond donors (Lipinski definition) is 2. The summed E-state index contributed by atoms with van der Waals surface area (Å²) in [5.41, 5.74) is 2.47. The molecule has 0 aliphatic heterocycles. The highest BCUT2D eigenvalue weighted by Crippen LogP contribution is 2.37. The Hall–Kier alpha value is -4.40. The molecule has 2 aromatic heterocycles. The summed E-state index contributed by atoms with van der Waals surface area (Å²) in [5.74, 6) is 0.176. The van der Waals surface area contributed by atoms with Gasteiger partial charge in [-0.25, -0.2) is 9.67 Å². The van der Waals surface area contributed by atoms with Crippen molar-refractivity contribution in [1.29, 1.82) is 0 Å². The number of carbonyl (C=O) groups is 2. The molecule has 0 atom stereocenters. The topological polar surface area (TPSA) is 107 Å². The van der Waals surface area contributed by atoms with Gasteiger partial charge in [0.1, 0.15) is 11.5 Å². The smallest absolute Gasteiger partial charge is 0.257 e. The van der Waals surface area contributed by atoms with E-state index in [0.29, 0.717) is 52.9 Å². The summed E-state index contributed by atoms with van der Waals surface area (Å²) in [6.07, 6.45) is 3.22. The third kappa shape index (κ3) is 5.30. The molecule has 0 spiro atoms. The molecule has 2 aromatic carbocycles. The molecule has 4 rings (SSSR count). The largest absolute Gasteiger partial charge is 0.492 e. The van der Waals surface area contributed by atoms with Gasteiger partial charge in [0.05, 0.1) is 36.3 Å². The van der Waals surface area contributed by atoms with Crippen molar-refractivity contribution >= 4 is 34.2 Å². The number of carbonyl (C=O) groups excluding carboxylic acids is 2. The lowest BCUT2D eigenvalue weighted by Gasteiger charge is -2.18. The molecule has 9 heteroatoms. The lowest BCUT2D eigenvalue weighted by molar-refractivity contribution is 0.101. The molecule has 186 valence electrons. The molecular weight excluding hydrogens is 458 g/mol. The molecule has 2 heterocycles. The number of amides is 2. The van der Waals surface area contributed by atoms with Crippen LogP contribution in [0.4, 0.5) is 11.4 Å². The van der Waals surface area contributed by atoms with Crippen LogP contribution in [0.2, 0.25) is 0 Å². The molecule has 0 aliphatic carbocycles. The van der Waals surface area contributed by atoms with Crippen LogP contribution < -0.4 is 20.1 Å². The Balaban J connectivity index is 1.63. The molecule has 0 bridgehead atoms. The Labute approximate surface area is 209 Å². The first kappa shape index (κ1) is 24.7. The molecule has 4 aromatic rings. The van der Waals surface area contributed by atoms with Crippen LogP contribution in [0.5, 0.6) is 11.5 Å². The first-order valence-corrected chi connectivity index (χ1v) is 11.9. The zero-order chi connectivity index (χ0) is 25.7. The monoisotopic (exact) mass is 487 g/mol. The number of nitrogens with one attached hydrogen (secondary N) is 2. The maximum absolute atomic E-state index is 13.1. The second-order valence-corrected chi connectivity index (χ2v) is 8.30. The second kappa shape index (κ2) is 10.9. The molecule has 0 aliphatic rings. The molecule has 2 N–H and O–H groups in total. The molecular formula is C27H29N5O4. The van der Waals surface area contributed by atoms with E-state index in [1.165, 1.54) is 6.20 Å². The average molecular weight is 488 g/mol. The van der Waals surface area contributed by atoms with E-state index in [4.69, 9.17) is 9.47 Å². The van der Waals surface area contributed by atoms with Gasteiger partial charge in [0, 0.05) is 35.3 Å². The number of benzene rings is 2. The van der Waals surface area contributed by atoms with Gasteiger partial charge >= 0.3 is 0 Å². The zero-order valence-corrected chi connectivity index (χ0v) is 20.7.